The fourth-order valence-corrected chi connectivity index (χ4v) is 2.50. The molecule has 9 heteroatoms. The molecule has 2 aromatic rings. The lowest BCUT2D eigenvalue weighted by molar-refractivity contribution is -0.123. The van der Waals surface area contributed by atoms with Gasteiger partial charge in [0.15, 0.2) is 0 Å². The third-order valence-corrected chi connectivity index (χ3v) is 3.99. The van der Waals surface area contributed by atoms with E-state index < -0.39 is 24.4 Å². The van der Waals surface area contributed by atoms with Gasteiger partial charge >= 0.3 is 6.18 Å². The second kappa shape index (κ2) is 10.0. The molecule has 0 aromatic heterocycles. The molecule has 0 spiro atoms. The van der Waals surface area contributed by atoms with E-state index in [0.29, 0.717) is 13.1 Å². The zero-order chi connectivity index (χ0) is 21.4. The Kier molecular flexibility index (Phi) is 7.72. The predicted molar refractivity (Wildman–Crippen MR) is 101 cm³/mol. The quantitative estimate of drug-likeness (QED) is 0.653. The summed E-state index contributed by atoms with van der Waals surface area (Å²) in [5.74, 6) is -1.63. The average Bonchev–Trinajstić information content (AvgIpc) is 2.66. The van der Waals surface area contributed by atoms with Gasteiger partial charge < -0.3 is 15.5 Å². The molecule has 2 amide bonds. The normalized spacial score (nSPS) is 11.4. The lowest BCUT2D eigenvalue weighted by Crippen LogP contribution is -2.33. The van der Waals surface area contributed by atoms with Crippen LogP contribution in [0.3, 0.4) is 0 Å². The summed E-state index contributed by atoms with van der Waals surface area (Å²) >= 11 is 0. The van der Waals surface area contributed by atoms with E-state index in [1.165, 1.54) is 30.3 Å². The van der Waals surface area contributed by atoms with Crippen LogP contribution in [0.25, 0.3) is 0 Å². The lowest BCUT2D eigenvalue weighted by Gasteiger charge is -2.17. The molecule has 29 heavy (non-hydrogen) atoms. The molecule has 5 nitrogen and oxygen atoms in total. The number of benzene rings is 2. The fourth-order valence-electron chi connectivity index (χ4n) is 2.50. The van der Waals surface area contributed by atoms with E-state index in [0.717, 1.165) is 5.56 Å². The summed E-state index contributed by atoms with van der Waals surface area (Å²) in [6, 6.07) is 12.1. The highest BCUT2D eigenvalue weighted by atomic mass is 19.4. The second-order valence-electron chi connectivity index (χ2n) is 6.51. The Morgan fingerprint density at radius 2 is 1.69 bits per heavy atom. The molecule has 156 valence electrons. The number of hydrogen-bond acceptors (Lipinski definition) is 3. The van der Waals surface area contributed by atoms with E-state index in [2.05, 4.69) is 5.32 Å². The molecule has 0 aliphatic heterocycles. The Hall–Kier alpha value is -2.94. The van der Waals surface area contributed by atoms with Crippen molar-refractivity contribution in [3.63, 3.8) is 0 Å². The van der Waals surface area contributed by atoms with Gasteiger partial charge in [0.05, 0.1) is 5.69 Å². The summed E-state index contributed by atoms with van der Waals surface area (Å²) < 4.78 is 50.0. The summed E-state index contributed by atoms with van der Waals surface area (Å²) in [6.45, 7) is -0.503. The third kappa shape index (κ3) is 7.90. The van der Waals surface area contributed by atoms with Gasteiger partial charge in [-0.2, -0.15) is 13.2 Å². The van der Waals surface area contributed by atoms with E-state index in [-0.39, 0.29) is 23.6 Å². The van der Waals surface area contributed by atoms with Crippen LogP contribution in [-0.2, 0) is 11.3 Å². The fraction of sp³-hybridized carbons (Fsp3) is 0.300. The number of rotatable bonds is 8. The van der Waals surface area contributed by atoms with Gasteiger partial charge in [-0.3, -0.25) is 9.59 Å². The second-order valence-corrected chi connectivity index (χ2v) is 6.51. The van der Waals surface area contributed by atoms with Gasteiger partial charge in [-0.05, 0) is 36.9 Å². The van der Waals surface area contributed by atoms with E-state index in [1.54, 1.807) is 25.2 Å². The topological polar surface area (TPSA) is 61.4 Å². The number of halogens is 4. The number of alkyl halides is 3. The summed E-state index contributed by atoms with van der Waals surface area (Å²) in [7, 11) is 1.79. The average molecular weight is 411 g/mol. The molecule has 0 aliphatic carbocycles. The number of nitrogens with zero attached hydrogens (tertiary/aromatic N) is 1. The number of para-hydroxylation sites is 1. The van der Waals surface area contributed by atoms with Crippen LogP contribution in [0.15, 0.2) is 48.5 Å². The molecule has 2 N–H and O–H groups in total. The Morgan fingerprint density at radius 1 is 1.03 bits per heavy atom. The monoisotopic (exact) mass is 411 g/mol. The molecule has 0 fully saturated rings. The van der Waals surface area contributed by atoms with Gasteiger partial charge in [0.2, 0.25) is 5.91 Å². The molecule has 2 rings (SSSR count). The summed E-state index contributed by atoms with van der Waals surface area (Å²) in [6.07, 6.45) is -4.31. The van der Waals surface area contributed by atoms with Crippen molar-refractivity contribution in [2.45, 2.75) is 19.1 Å². The number of amides is 2. The SMILES string of the molecule is CN(CCC(=O)Nc1ccccc1F)Cc1ccc(C(=O)NCC(F)(F)F)cc1. The van der Waals surface area contributed by atoms with Crippen LogP contribution in [0.2, 0.25) is 0 Å². The predicted octanol–water partition coefficient (Wildman–Crippen LogP) is 3.58. The number of carbonyl (C=O) groups excluding carboxylic acids is 2. The van der Waals surface area contributed by atoms with Crippen molar-refractivity contribution in [3.8, 4) is 0 Å². The Morgan fingerprint density at radius 3 is 2.31 bits per heavy atom. The molecule has 0 radical (unpaired) electrons. The van der Waals surface area contributed by atoms with Crippen molar-refractivity contribution in [2.75, 3.05) is 25.5 Å². The minimum Gasteiger partial charge on any atom is -0.343 e. The molecule has 0 saturated heterocycles. The highest BCUT2D eigenvalue weighted by Gasteiger charge is 2.27. The maximum Gasteiger partial charge on any atom is 0.405 e. The number of anilines is 1. The molecule has 0 heterocycles. The summed E-state index contributed by atoms with van der Waals surface area (Å²) in [4.78, 5) is 25.5. The van der Waals surface area contributed by atoms with Crippen molar-refractivity contribution in [3.05, 3.63) is 65.5 Å². The zero-order valence-corrected chi connectivity index (χ0v) is 15.7. The van der Waals surface area contributed by atoms with E-state index >= 15 is 0 Å². The van der Waals surface area contributed by atoms with Crippen LogP contribution in [0.1, 0.15) is 22.3 Å². The van der Waals surface area contributed by atoms with Crippen LogP contribution in [0.5, 0.6) is 0 Å². The first-order valence-corrected chi connectivity index (χ1v) is 8.81. The van der Waals surface area contributed by atoms with Crippen LogP contribution in [0, 0.1) is 5.82 Å². The molecular weight excluding hydrogens is 390 g/mol. The maximum absolute atomic E-state index is 13.5. The van der Waals surface area contributed by atoms with E-state index in [1.807, 2.05) is 10.2 Å². The molecule has 0 unspecified atom stereocenters. The lowest BCUT2D eigenvalue weighted by atomic mass is 10.1. The van der Waals surface area contributed by atoms with Crippen molar-refractivity contribution in [2.24, 2.45) is 0 Å². The van der Waals surface area contributed by atoms with Crippen LogP contribution in [-0.4, -0.2) is 43.0 Å². The standard InChI is InChI=1S/C20H21F4N3O2/c1-27(11-10-18(28)26-17-5-3-2-4-16(17)21)12-14-6-8-15(9-7-14)19(29)25-13-20(22,23)24/h2-9H,10-13H2,1H3,(H,25,29)(H,26,28). The molecule has 0 aliphatic rings. The number of nitrogens with one attached hydrogen (secondary N) is 2. The third-order valence-electron chi connectivity index (χ3n) is 3.99. The summed E-state index contributed by atoms with van der Waals surface area (Å²) in [5, 5.41) is 4.32. The number of carbonyl (C=O) groups is 2. The highest BCUT2D eigenvalue weighted by molar-refractivity contribution is 5.94. The molecule has 2 aromatic carbocycles. The Labute approximate surface area is 165 Å². The molecule has 0 atom stereocenters. The Bertz CT molecular complexity index is 838. The van der Waals surface area contributed by atoms with Crippen molar-refractivity contribution in [1.29, 1.82) is 0 Å². The summed E-state index contributed by atoms with van der Waals surface area (Å²) in [5.41, 5.74) is 1.08. The largest absolute Gasteiger partial charge is 0.405 e. The van der Waals surface area contributed by atoms with Gasteiger partial charge in [0.25, 0.3) is 5.91 Å². The first kappa shape index (κ1) is 22.4. The van der Waals surface area contributed by atoms with Gasteiger partial charge in [-0.25, -0.2) is 4.39 Å². The van der Waals surface area contributed by atoms with Gasteiger partial charge in [-0.15, -0.1) is 0 Å². The van der Waals surface area contributed by atoms with Crippen molar-refractivity contribution < 1.29 is 27.2 Å². The first-order valence-electron chi connectivity index (χ1n) is 8.81. The molecular formula is C20H21F4N3O2. The van der Waals surface area contributed by atoms with Crippen LogP contribution >= 0.6 is 0 Å². The number of hydrogen-bond donors (Lipinski definition) is 2. The molecule has 0 bridgehead atoms. The minimum absolute atomic E-state index is 0.125. The van der Waals surface area contributed by atoms with Crippen molar-refractivity contribution >= 4 is 17.5 Å². The van der Waals surface area contributed by atoms with E-state index in [4.69, 9.17) is 0 Å². The van der Waals surface area contributed by atoms with Crippen LogP contribution < -0.4 is 10.6 Å². The first-order chi connectivity index (χ1) is 13.6. The molecule has 0 saturated carbocycles. The smallest absolute Gasteiger partial charge is 0.343 e. The minimum atomic E-state index is -4.46. The van der Waals surface area contributed by atoms with Crippen LogP contribution in [0.4, 0.5) is 23.2 Å². The van der Waals surface area contributed by atoms with Gasteiger partial charge in [0.1, 0.15) is 12.4 Å². The maximum atomic E-state index is 13.5. The van der Waals surface area contributed by atoms with E-state index in [9.17, 15) is 27.2 Å². The van der Waals surface area contributed by atoms with Crippen molar-refractivity contribution in [1.82, 2.24) is 10.2 Å². The van der Waals surface area contributed by atoms with Gasteiger partial charge in [0, 0.05) is 25.1 Å². The zero-order valence-electron chi connectivity index (χ0n) is 15.7. The van der Waals surface area contributed by atoms with Gasteiger partial charge in [-0.1, -0.05) is 24.3 Å². The highest BCUT2D eigenvalue weighted by Crippen LogP contribution is 2.14. The Balaban J connectivity index is 1.78.